The molecule has 5 nitrogen and oxygen atoms in total. The predicted molar refractivity (Wildman–Crippen MR) is 118 cm³/mol. The van der Waals surface area contributed by atoms with Crippen molar-refractivity contribution in [3.05, 3.63) is 59.1 Å². The van der Waals surface area contributed by atoms with Crippen LogP contribution >= 0.6 is 23.4 Å². The number of thioether (sulfide) groups is 1. The zero-order valence-corrected chi connectivity index (χ0v) is 18.6. The van der Waals surface area contributed by atoms with Crippen molar-refractivity contribution in [1.29, 1.82) is 0 Å². The van der Waals surface area contributed by atoms with Gasteiger partial charge < -0.3 is 15.0 Å². The van der Waals surface area contributed by atoms with Crippen LogP contribution in [0.4, 0.5) is 0 Å². The second-order valence-electron chi connectivity index (χ2n) is 6.57. The Morgan fingerprint density at radius 2 is 1.93 bits per heavy atom. The second-order valence-corrected chi connectivity index (χ2v) is 8.17. The molecule has 0 bridgehead atoms. The molecule has 156 valence electrons. The standard InChI is InChI=1S/C22H27ClN2O3S/c1-16(22(27)24-2)25(15-17-6-4-7-19(14-17)28-3)21(26)8-5-13-29-20-11-9-18(23)10-12-20/h4,6-7,9-12,14,16H,5,8,13,15H2,1-3H3,(H,24,27). The highest BCUT2D eigenvalue weighted by atomic mass is 35.5. The van der Waals surface area contributed by atoms with E-state index in [0.29, 0.717) is 18.0 Å². The Bertz CT molecular complexity index is 814. The quantitative estimate of drug-likeness (QED) is 0.445. The van der Waals surface area contributed by atoms with Crippen molar-refractivity contribution in [2.24, 2.45) is 0 Å². The third-order valence-corrected chi connectivity index (χ3v) is 5.87. The summed E-state index contributed by atoms with van der Waals surface area (Å²) in [6, 6.07) is 14.6. The van der Waals surface area contributed by atoms with Crippen LogP contribution in [0.1, 0.15) is 25.3 Å². The lowest BCUT2D eigenvalue weighted by molar-refractivity contribution is -0.140. The number of carbonyl (C=O) groups excluding carboxylic acids is 2. The largest absolute Gasteiger partial charge is 0.497 e. The van der Waals surface area contributed by atoms with E-state index < -0.39 is 6.04 Å². The average Bonchev–Trinajstić information content (AvgIpc) is 2.75. The van der Waals surface area contributed by atoms with Gasteiger partial charge in [0.05, 0.1) is 7.11 Å². The van der Waals surface area contributed by atoms with Gasteiger partial charge in [-0.3, -0.25) is 9.59 Å². The maximum absolute atomic E-state index is 12.9. The molecule has 0 saturated heterocycles. The maximum atomic E-state index is 12.9. The highest BCUT2D eigenvalue weighted by molar-refractivity contribution is 7.99. The minimum absolute atomic E-state index is 0.0411. The number of benzene rings is 2. The third kappa shape index (κ3) is 7.29. The van der Waals surface area contributed by atoms with Crippen molar-refractivity contribution in [2.75, 3.05) is 19.9 Å². The molecule has 0 heterocycles. The molecule has 0 aliphatic rings. The van der Waals surface area contributed by atoms with Crippen LogP contribution in [0.25, 0.3) is 0 Å². The van der Waals surface area contributed by atoms with Crippen LogP contribution < -0.4 is 10.1 Å². The van der Waals surface area contributed by atoms with E-state index >= 15 is 0 Å². The molecule has 29 heavy (non-hydrogen) atoms. The molecular weight excluding hydrogens is 408 g/mol. The van der Waals surface area contributed by atoms with Gasteiger partial charge in [0.15, 0.2) is 0 Å². The van der Waals surface area contributed by atoms with Gasteiger partial charge in [0.25, 0.3) is 0 Å². The van der Waals surface area contributed by atoms with E-state index in [1.807, 2.05) is 48.5 Å². The fourth-order valence-electron chi connectivity index (χ4n) is 2.85. The third-order valence-electron chi connectivity index (χ3n) is 4.52. The minimum Gasteiger partial charge on any atom is -0.497 e. The van der Waals surface area contributed by atoms with Gasteiger partial charge in [0, 0.05) is 29.9 Å². The Morgan fingerprint density at radius 3 is 2.59 bits per heavy atom. The molecule has 1 N–H and O–H groups in total. The lowest BCUT2D eigenvalue weighted by Crippen LogP contribution is -2.46. The molecule has 2 aromatic rings. The van der Waals surface area contributed by atoms with Crippen LogP contribution in [0.2, 0.25) is 5.02 Å². The molecule has 2 aromatic carbocycles. The SMILES string of the molecule is CNC(=O)C(C)N(Cc1cccc(OC)c1)C(=O)CCCSc1ccc(Cl)cc1. The van der Waals surface area contributed by atoms with E-state index in [1.165, 1.54) is 0 Å². The fourth-order valence-corrected chi connectivity index (χ4v) is 3.83. The number of methoxy groups -OCH3 is 1. The van der Waals surface area contributed by atoms with E-state index in [4.69, 9.17) is 16.3 Å². The lowest BCUT2D eigenvalue weighted by atomic mass is 10.1. The molecule has 0 spiro atoms. The van der Waals surface area contributed by atoms with Crippen LogP contribution in [0.15, 0.2) is 53.4 Å². The van der Waals surface area contributed by atoms with Crippen LogP contribution in [-0.4, -0.2) is 42.7 Å². The minimum atomic E-state index is -0.553. The molecule has 0 aromatic heterocycles. The zero-order valence-electron chi connectivity index (χ0n) is 17.0. The summed E-state index contributed by atoms with van der Waals surface area (Å²) in [6.07, 6.45) is 1.10. The number of hydrogen-bond acceptors (Lipinski definition) is 4. The van der Waals surface area contributed by atoms with Crippen molar-refractivity contribution >= 4 is 35.2 Å². The molecule has 1 atom stereocenters. The summed E-state index contributed by atoms with van der Waals surface area (Å²) < 4.78 is 5.26. The van der Waals surface area contributed by atoms with Crippen molar-refractivity contribution in [2.45, 2.75) is 37.2 Å². The van der Waals surface area contributed by atoms with Gasteiger partial charge in [0.1, 0.15) is 11.8 Å². The van der Waals surface area contributed by atoms with Gasteiger partial charge >= 0.3 is 0 Å². The number of ether oxygens (including phenoxy) is 1. The summed E-state index contributed by atoms with van der Waals surface area (Å²) in [5.41, 5.74) is 0.920. The van der Waals surface area contributed by atoms with Gasteiger partial charge in [-0.2, -0.15) is 0 Å². The second kappa shape index (κ2) is 11.7. The monoisotopic (exact) mass is 434 g/mol. The molecule has 0 fully saturated rings. The number of hydrogen-bond donors (Lipinski definition) is 1. The van der Waals surface area contributed by atoms with Gasteiger partial charge in [-0.1, -0.05) is 23.7 Å². The van der Waals surface area contributed by atoms with Crippen molar-refractivity contribution < 1.29 is 14.3 Å². The molecule has 7 heteroatoms. The summed E-state index contributed by atoms with van der Waals surface area (Å²) in [5.74, 6) is 1.31. The topological polar surface area (TPSA) is 58.6 Å². The summed E-state index contributed by atoms with van der Waals surface area (Å²) in [4.78, 5) is 27.8. The van der Waals surface area contributed by atoms with Gasteiger partial charge in [-0.25, -0.2) is 0 Å². The zero-order chi connectivity index (χ0) is 21.2. The molecule has 2 rings (SSSR count). The number of rotatable bonds is 10. The number of likely N-dealkylation sites (N-methyl/N-ethyl adjacent to an activating group) is 1. The highest BCUT2D eigenvalue weighted by Crippen LogP contribution is 2.22. The number of nitrogens with one attached hydrogen (secondary N) is 1. The first-order valence-corrected chi connectivity index (χ1v) is 10.8. The Labute approximate surface area is 181 Å². The Kier molecular flexibility index (Phi) is 9.35. The first-order chi connectivity index (χ1) is 13.9. The van der Waals surface area contributed by atoms with Crippen LogP contribution in [0.3, 0.4) is 0 Å². The van der Waals surface area contributed by atoms with E-state index in [0.717, 1.165) is 28.4 Å². The summed E-state index contributed by atoms with van der Waals surface area (Å²) in [7, 11) is 3.18. The van der Waals surface area contributed by atoms with Crippen molar-refractivity contribution in [3.8, 4) is 5.75 Å². The van der Waals surface area contributed by atoms with Crippen LogP contribution in [0, 0.1) is 0 Å². The van der Waals surface area contributed by atoms with E-state index in [2.05, 4.69) is 5.32 Å². The summed E-state index contributed by atoms with van der Waals surface area (Å²) in [5, 5.41) is 3.34. The van der Waals surface area contributed by atoms with Crippen LogP contribution in [-0.2, 0) is 16.1 Å². The first-order valence-electron chi connectivity index (χ1n) is 9.47. The smallest absolute Gasteiger partial charge is 0.242 e. The van der Waals surface area contributed by atoms with Crippen molar-refractivity contribution in [1.82, 2.24) is 10.2 Å². The number of halogens is 1. The van der Waals surface area contributed by atoms with E-state index in [1.54, 1.807) is 37.7 Å². The first kappa shape index (κ1) is 23.1. The average molecular weight is 435 g/mol. The Morgan fingerprint density at radius 1 is 1.21 bits per heavy atom. The molecular formula is C22H27ClN2O3S. The Hall–Kier alpha value is -2.18. The highest BCUT2D eigenvalue weighted by Gasteiger charge is 2.25. The number of carbonyl (C=O) groups is 2. The normalized spacial score (nSPS) is 11.6. The molecule has 0 saturated carbocycles. The number of amides is 2. The van der Waals surface area contributed by atoms with Gasteiger partial charge in [0.2, 0.25) is 11.8 Å². The Balaban J connectivity index is 1.97. The molecule has 1 unspecified atom stereocenters. The van der Waals surface area contributed by atoms with Crippen LogP contribution in [0.5, 0.6) is 5.75 Å². The molecule has 2 amide bonds. The maximum Gasteiger partial charge on any atom is 0.242 e. The number of nitrogens with zero attached hydrogens (tertiary/aromatic N) is 1. The molecule has 0 aliphatic heterocycles. The van der Waals surface area contributed by atoms with E-state index in [9.17, 15) is 9.59 Å². The summed E-state index contributed by atoms with van der Waals surface area (Å²) in [6.45, 7) is 2.11. The summed E-state index contributed by atoms with van der Waals surface area (Å²) >= 11 is 7.59. The van der Waals surface area contributed by atoms with Gasteiger partial charge in [-0.15, -0.1) is 11.8 Å². The molecule has 0 aliphatic carbocycles. The van der Waals surface area contributed by atoms with E-state index in [-0.39, 0.29) is 11.8 Å². The lowest BCUT2D eigenvalue weighted by Gasteiger charge is -2.28. The molecule has 0 radical (unpaired) electrons. The predicted octanol–water partition coefficient (Wildman–Crippen LogP) is 4.38. The van der Waals surface area contributed by atoms with Gasteiger partial charge in [-0.05, 0) is 61.1 Å². The fraction of sp³-hybridized carbons (Fsp3) is 0.364. The van der Waals surface area contributed by atoms with Crippen molar-refractivity contribution in [3.63, 3.8) is 0 Å².